The third kappa shape index (κ3) is 39.5. The Hall–Kier alpha value is -2.60. The summed E-state index contributed by atoms with van der Waals surface area (Å²) in [5, 5.41) is 0. The molecule has 0 saturated heterocycles. The van der Waals surface area contributed by atoms with E-state index in [2.05, 4.69) is 13.8 Å². The second kappa shape index (κ2) is 44.8. The van der Waals surface area contributed by atoms with Crippen LogP contribution in [0.2, 0.25) is 0 Å². The topological polar surface area (TPSA) is 220 Å². The molecule has 0 heterocycles. The van der Waals surface area contributed by atoms with Gasteiger partial charge in [0.2, 0.25) is 0 Å². The van der Waals surface area contributed by atoms with E-state index in [1.807, 2.05) is 0 Å². The molecule has 0 N–H and O–H groups in total. The molecule has 2 rings (SSSR count). The van der Waals surface area contributed by atoms with Crippen LogP contribution in [0.3, 0.4) is 0 Å². The van der Waals surface area contributed by atoms with E-state index in [1.165, 1.54) is 166 Å². The molecule has 0 aliphatic carbocycles. The van der Waals surface area contributed by atoms with E-state index in [1.54, 1.807) is 24.3 Å². The molecule has 0 atom stereocenters. The predicted octanol–water partition coefficient (Wildman–Crippen LogP) is 12.5. The Morgan fingerprint density at radius 3 is 0.718 bits per heavy atom. The smallest absolute Gasteiger partial charge is 0.748 e. The number of ether oxygens (including phenoxy) is 4. The molecule has 0 unspecified atom stereocenters. The number of unbranched alkanes of at least 4 members (excludes halogenated alkanes) is 26. The Morgan fingerprint density at radius 2 is 0.521 bits per heavy atom. The number of hydrogen-bond acceptors (Lipinski definition) is 14. The van der Waals surface area contributed by atoms with Gasteiger partial charge in [0.25, 0.3) is 0 Å². The summed E-state index contributed by atoms with van der Waals surface area (Å²) in [6.07, 6.45) is 34.8. The molecule has 0 radical (unpaired) electrons. The monoisotopic (exact) mass is 1060 g/mol. The standard InChI is InChI=1S/2C27H44O7S.Ca/c2*1-2-3-4-5-6-7-8-9-10-11-12-13-14-17-21-33-26(28)24-19-15-16-20-25(24)27(29)34-22-18-23-35(30,31)32;/h2*15-16,19-20H,2-14,17-18,21-23H2,1H3,(H,30,31,32);/q;;+2/p-2. The largest absolute Gasteiger partial charge is 2.00 e. The van der Waals surface area contributed by atoms with Crippen molar-refractivity contribution >= 4 is 81.9 Å². The van der Waals surface area contributed by atoms with Gasteiger partial charge in [-0.3, -0.25) is 0 Å². The molecular formula is C54H86CaO14S2. The van der Waals surface area contributed by atoms with Gasteiger partial charge in [-0.15, -0.1) is 0 Å². The first kappa shape index (κ1) is 68.4. The van der Waals surface area contributed by atoms with Gasteiger partial charge >= 0.3 is 61.6 Å². The summed E-state index contributed by atoms with van der Waals surface area (Å²) in [7, 11) is -8.71. The van der Waals surface area contributed by atoms with E-state index in [4.69, 9.17) is 18.9 Å². The minimum atomic E-state index is -4.35. The van der Waals surface area contributed by atoms with Crippen molar-refractivity contribution in [2.45, 2.75) is 206 Å². The third-order valence-corrected chi connectivity index (χ3v) is 13.3. The summed E-state index contributed by atoms with van der Waals surface area (Å²) >= 11 is 0. The molecule has 0 amide bonds. The van der Waals surface area contributed by atoms with Crippen LogP contribution in [0.25, 0.3) is 0 Å². The number of esters is 4. The van der Waals surface area contributed by atoms with Gasteiger partial charge in [-0.25, -0.2) is 36.0 Å². The summed E-state index contributed by atoms with van der Waals surface area (Å²) in [5.41, 5.74) is 0.338. The van der Waals surface area contributed by atoms with Gasteiger partial charge in [-0.05, 0) is 49.9 Å². The van der Waals surface area contributed by atoms with E-state index in [0.717, 1.165) is 38.5 Å². The van der Waals surface area contributed by atoms with Crippen LogP contribution in [0.4, 0.5) is 0 Å². The van der Waals surface area contributed by atoms with E-state index < -0.39 is 55.6 Å². The zero-order valence-electron chi connectivity index (χ0n) is 43.3. The Morgan fingerprint density at radius 1 is 0.338 bits per heavy atom. The normalized spacial score (nSPS) is 11.2. The maximum absolute atomic E-state index is 12.4. The van der Waals surface area contributed by atoms with Crippen LogP contribution >= 0.6 is 0 Å². The van der Waals surface area contributed by atoms with E-state index in [-0.39, 0.29) is 86.0 Å². The molecule has 17 heteroatoms. The van der Waals surface area contributed by atoms with Gasteiger partial charge in [-0.1, -0.05) is 205 Å². The fourth-order valence-corrected chi connectivity index (χ4v) is 8.66. The Labute approximate surface area is 457 Å². The quantitative estimate of drug-likeness (QED) is 0.0198. The average molecular weight is 1060 g/mol. The van der Waals surface area contributed by atoms with Crippen LogP contribution < -0.4 is 0 Å². The number of benzene rings is 2. The first-order valence-corrected chi connectivity index (χ1v) is 29.6. The molecule has 14 nitrogen and oxygen atoms in total. The van der Waals surface area contributed by atoms with E-state index in [0.29, 0.717) is 13.2 Å². The van der Waals surface area contributed by atoms with Gasteiger partial charge in [-0.2, -0.15) is 0 Å². The minimum Gasteiger partial charge on any atom is -0.748 e. The summed E-state index contributed by atoms with van der Waals surface area (Å²) in [5.74, 6) is -3.90. The van der Waals surface area contributed by atoms with Crippen molar-refractivity contribution < 1.29 is 64.1 Å². The van der Waals surface area contributed by atoms with Crippen molar-refractivity contribution in [3.05, 3.63) is 70.8 Å². The van der Waals surface area contributed by atoms with Crippen molar-refractivity contribution in [1.82, 2.24) is 0 Å². The Bertz CT molecular complexity index is 1790. The summed E-state index contributed by atoms with van der Waals surface area (Å²) < 4.78 is 84.3. The van der Waals surface area contributed by atoms with Crippen molar-refractivity contribution in [1.29, 1.82) is 0 Å². The minimum absolute atomic E-state index is 0. The molecule has 0 aliphatic heterocycles. The number of rotatable bonds is 42. The summed E-state index contributed by atoms with van der Waals surface area (Å²) in [6, 6.07) is 12.4. The molecule has 2 aromatic rings. The maximum Gasteiger partial charge on any atom is 2.00 e. The third-order valence-electron chi connectivity index (χ3n) is 11.7. The number of hydrogen-bond donors (Lipinski definition) is 0. The number of carbonyl (C=O) groups excluding carboxylic acids is 4. The molecule has 0 fully saturated rings. The van der Waals surface area contributed by atoms with Gasteiger partial charge in [0.1, 0.15) is 0 Å². The Balaban J connectivity index is 0.00000136. The van der Waals surface area contributed by atoms with Crippen LogP contribution in [0.15, 0.2) is 48.5 Å². The van der Waals surface area contributed by atoms with Crippen LogP contribution in [-0.2, 0) is 39.2 Å². The first-order valence-electron chi connectivity index (χ1n) is 26.4. The molecular weight excluding hydrogens is 977 g/mol. The summed E-state index contributed by atoms with van der Waals surface area (Å²) in [6.45, 7) is 4.64. The van der Waals surface area contributed by atoms with Gasteiger partial charge < -0.3 is 28.1 Å². The van der Waals surface area contributed by atoms with Crippen LogP contribution in [0, 0.1) is 0 Å². The second-order valence-corrected chi connectivity index (χ2v) is 21.1. The molecule has 71 heavy (non-hydrogen) atoms. The van der Waals surface area contributed by atoms with Crippen molar-refractivity contribution in [3.63, 3.8) is 0 Å². The van der Waals surface area contributed by atoms with E-state index in [9.17, 15) is 45.1 Å². The second-order valence-electron chi connectivity index (χ2n) is 18.1. The first-order chi connectivity index (χ1) is 33.7. The van der Waals surface area contributed by atoms with Crippen LogP contribution in [-0.4, -0.2) is 125 Å². The van der Waals surface area contributed by atoms with Crippen molar-refractivity contribution in [2.75, 3.05) is 37.9 Å². The van der Waals surface area contributed by atoms with Crippen LogP contribution in [0.1, 0.15) is 248 Å². The SMILES string of the molecule is CCCCCCCCCCCCCCCCOC(=O)c1ccccc1C(=O)OCCCS(=O)(=O)[O-].CCCCCCCCCCCCCCCCOC(=O)c1ccccc1C(=O)OCCCS(=O)(=O)[O-].[Ca+2]. The van der Waals surface area contributed by atoms with E-state index >= 15 is 0 Å². The molecule has 2 aromatic carbocycles. The number of carbonyl (C=O) groups is 4. The molecule has 0 bridgehead atoms. The molecule has 0 spiro atoms. The Kier molecular flexibility index (Phi) is 43.2. The molecule has 400 valence electrons. The fraction of sp³-hybridized carbons (Fsp3) is 0.704. The van der Waals surface area contributed by atoms with Crippen LogP contribution in [0.5, 0.6) is 0 Å². The molecule has 0 aliphatic rings. The van der Waals surface area contributed by atoms with Crippen molar-refractivity contribution in [2.24, 2.45) is 0 Å². The molecule has 0 aromatic heterocycles. The predicted molar refractivity (Wildman–Crippen MR) is 279 cm³/mol. The summed E-state index contributed by atoms with van der Waals surface area (Å²) in [4.78, 5) is 49.3. The van der Waals surface area contributed by atoms with Gasteiger partial charge in [0.05, 0.1) is 68.9 Å². The van der Waals surface area contributed by atoms with Gasteiger partial charge in [0, 0.05) is 11.5 Å². The van der Waals surface area contributed by atoms with Gasteiger partial charge in [0.15, 0.2) is 0 Å². The average Bonchev–Trinajstić information content (AvgIpc) is 3.33. The fourth-order valence-electron chi connectivity index (χ4n) is 7.71. The van der Waals surface area contributed by atoms with Crippen molar-refractivity contribution in [3.8, 4) is 0 Å². The zero-order chi connectivity index (χ0) is 51.6. The zero-order valence-corrected chi connectivity index (χ0v) is 47.2. The molecule has 0 saturated carbocycles. The maximum atomic E-state index is 12.4.